The van der Waals surface area contributed by atoms with Crippen LogP contribution in [-0.4, -0.2) is 35.5 Å². The van der Waals surface area contributed by atoms with Gasteiger partial charge in [0.25, 0.3) is 0 Å². The van der Waals surface area contributed by atoms with Gasteiger partial charge in [-0.1, -0.05) is 66.7 Å². The van der Waals surface area contributed by atoms with Gasteiger partial charge in [-0.25, -0.2) is 4.79 Å². The van der Waals surface area contributed by atoms with Gasteiger partial charge >= 0.3 is 11.9 Å². The first-order chi connectivity index (χ1) is 16.6. The average Bonchev–Trinajstić information content (AvgIpc) is 3.18. The van der Waals surface area contributed by atoms with Crippen LogP contribution in [0.4, 0.5) is 0 Å². The molecule has 0 aliphatic heterocycles. The normalized spacial score (nSPS) is 10.8. The number of esters is 2. The molecule has 0 spiro atoms. The molecule has 0 bridgehead atoms. The zero-order valence-electron chi connectivity index (χ0n) is 19.1. The minimum absolute atomic E-state index is 0.0619. The van der Waals surface area contributed by atoms with Crippen LogP contribution in [0.25, 0.3) is 16.5 Å². The fourth-order valence-electron chi connectivity index (χ4n) is 4.11. The Kier molecular flexibility index (Phi) is 6.87. The quantitative estimate of drug-likeness (QED) is 0.272. The first-order valence-corrected chi connectivity index (χ1v) is 11.2. The highest BCUT2D eigenvalue weighted by molar-refractivity contribution is 6.17. The van der Waals surface area contributed by atoms with E-state index in [1.165, 1.54) is 0 Å². The van der Waals surface area contributed by atoms with Crippen molar-refractivity contribution in [3.63, 3.8) is 0 Å². The van der Waals surface area contributed by atoms with Crippen LogP contribution in [0.1, 0.15) is 46.0 Å². The molecule has 34 heavy (non-hydrogen) atoms. The van der Waals surface area contributed by atoms with Gasteiger partial charge in [-0.05, 0) is 26.0 Å². The monoisotopic (exact) mass is 455 g/mol. The number of hydrogen-bond acceptors (Lipinski definition) is 5. The number of carbonyl (C=O) groups is 3. The van der Waals surface area contributed by atoms with Crippen molar-refractivity contribution < 1.29 is 23.9 Å². The lowest BCUT2D eigenvalue weighted by molar-refractivity contribution is -0.142. The Bertz CT molecular complexity index is 1350. The van der Waals surface area contributed by atoms with Gasteiger partial charge in [0.1, 0.15) is 5.69 Å². The van der Waals surface area contributed by atoms with Crippen molar-refractivity contribution in [3.8, 4) is 5.69 Å². The fraction of sp³-hybridized carbons (Fsp3) is 0.179. The average molecular weight is 456 g/mol. The molecular formula is C28H25NO5. The lowest BCUT2D eigenvalue weighted by atomic mass is 10.0. The molecule has 1 aromatic heterocycles. The molecule has 0 aliphatic rings. The van der Waals surface area contributed by atoms with Crippen LogP contribution >= 0.6 is 0 Å². The molecule has 0 saturated carbocycles. The Balaban J connectivity index is 2.06. The third kappa shape index (κ3) is 4.35. The van der Waals surface area contributed by atoms with Gasteiger partial charge in [0.05, 0.1) is 30.9 Å². The zero-order valence-corrected chi connectivity index (χ0v) is 19.1. The predicted molar refractivity (Wildman–Crippen MR) is 129 cm³/mol. The van der Waals surface area contributed by atoms with Crippen molar-refractivity contribution >= 4 is 28.5 Å². The largest absolute Gasteiger partial charge is 0.466 e. The van der Waals surface area contributed by atoms with E-state index in [0.29, 0.717) is 33.6 Å². The van der Waals surface area contributed by atoms with E-state index in [9.17, 15) is 14.4 Å². The van der Waals surface area contributed by atoms with Gasteiger partial charge in [-0.15, -0.1) is 0 Å². The zero-order chi connectivity index (χ0) is 24.1. The van der Waals surface area contributed by atoms with Crippen LogP contribution in [-0.2, 0) is 20.7 Å². The third-order valence-electron chi connectivity index (χ3n) is 5.50. The number of carbonyl (C=O) groups excluding carboxylic acids is 3. The summed E-state index contributed by atoms with van der Waals surface area (Å²) in [6, 6.07) is 23.3. The molecule has 0 atom stereocenters. The number of hydrogen-bond donors (Lipinski definition) is 0. The third-order valence-corrected chi connectivity index (χ3v) is 5.50. The standard InChI is InChI=1S/C28H25NO5/c1-3-33-25(30)18-24-20-14-8-9-15-21(20)26(27(31)19-12-6-5-7-13-19)29(24)23-17-11-10-16-22(23)28(32)34-4-2/h5-17H,3-4,18H2,1-2H3. The SMILES string of the molecule is CCOC(=O)Cc1c2ccccc2c(C(=O)c2ccccc2)n1-c1ccccc1C(=O)OCC. The van der Waals surface area contributed by atoms with Crippen LogP contribution in [0.3, 0.4) is 0 Å². The summed E-state index contributed by atoms with van der Waals surface area (Å²) in [4.78, 5) is 39.3. The highest BCUT2D eigenvalue weighted by Crippen LogP contribution is 2.33. The van der Waals surface area contributed by atoms with Crippen LogP contribution < -0.4 is 0 Å². The summed E-state index contributed by atoms with van der Waals surface area (Å²) in [5.41, 5.74) is 2.22. The highest BCUT2D eigenvalue weighted by Gasteiger charge is 2.27. The Hall–Kier alpha value is -4.19. The Labute approximate surface area is 197 Å². The molecule has 0 fully saturated rings. The van der Waals surface area contributed by atoms with Crippen molar-refractivity contribution in [3.05, 3.63) is 101 Å². The summed E-state index contributed by atoms with van der Waals surface area (Å²) < 4.78 is 12.2. The molecule has 1 heterocycles. The summed E-state index contributed by atoms with van der Waals surface area (Å²) in [6.07, 6.45) is -0.0619. The maximum Gasteiger partial charge on any atom is 0.340 e. The molecule has 4 rings (SSSR count). The van der Waals surface area contributed by atoms with Crippen molar-refractivity contribution in [1.29, 1.82) is 0 Å². The van der Waals surface area contributed by atoms with Crippen molar-refractivity contribution in [2.45, 2.75) is 20.3 Å². The lowest BCUT2D eigenvalue weighted by Gasteiger charge is -2.16. The summed E-state index contributed by atoms with van der Waals surface area (Å²) in [5, 5.41) is 1.43. The fourth-order valence-corrected chi connectivity index (χ4v) is 4.11. The van der Waals surface area contributed by atoms with Gasteiger partial charge in [0.2, 0.25) is 5.78 Å². The number of para-hydroxylation sites is 1. The first-order valence-electron chi connectivity index (χ1n) is 11.2. The van der Waals surface area contributed by atoms with E-state index in [2.05, 4.69) is 0 Å². The summed E-state index contributed by atoms with van der Waals surface area (Å²) >= 11 is 0. The lowest BCUT2D eigenvalue weighted by Crippen LogP contribution is -2.18. The number of benzene rings is 3. The molecule has 172 valence electrons. The maximum absolute atomic E-state index is 13.8. The molecule has 0 radical (unpaired) electrons. The Morgan fingerprint density at radius 3 is 2.06 bits per heavy atom. The summed E-state index contributed by atoms with van der Waals surface area (Å²) in [6.45, 7) is 3.94. The number of fused-ring (bicyclic) bond motifs is 1. The second-order valence-corrected chi connectivity index (χ2v) is 7.59. The van der Waals surface area contributed by atoms with E-state index in [1.54, 1.807) is 66.9 Å². The highest BCUT2D eigenvalue weighted by atomic mass is 16.5. The molecule has 0 unspecified atom stereocenters. The van der Waals surface area contributed by atoms with Gasteiger partial charge in [0.15, 0.2) is 0 Å². The van der Waals surface area contributed by atoms with Gasteiger partial charge in [0, 0.05) is 22.0 Å². The molecule has 0 aliphatic carbocycles. The van der Waals surface area contributed by atoms with Crippen molar-refractivity contribution in [2.75, 3.05) is 13.2 Å². The molecule has 0 amide bonds. The van der Waals surface area contributed by atoms with Gasteiger partial charge < -0.3 is 14.0 Å². The van der Waals surface area contributed by atoms with E-state index in [-0.39, 0.29) is 25.4 Å². The molecule has 0 N–H and O–H groups in total. The van der Waals surface area contributed by atoms with Gasteiger partial charge in [-0.2, -0.15) is 0 Å². The summed E-state index contributed by atoms with van der Waals surface area (Å²) in [7, 11) is 0. The minimum Gasteiger partial charge on any atom is -0.466 e. The Morgan fingerprint density at radius 1 is 0.735 bits per heavy atom. The van der Waals surface area contributed by atoms with E-state index in [0.717, 1.165) is 5.39 Å². The topological polar surface area (TPSA) is 74.6 Å². The number of aromatic nitrogens is 1. The number of nitrogens with zero attached hydrogens (tertiary/aromatic N) is 1. The van der Waals surface area contributed by atoms with E-state index < -0.39 is 11.9 Å². The van der Waals surface area contributed by atoms with E-state index >= 15 is 0 Å². The molecule has 4 aromatic rings. The second kappa shape index (κ2) is 10.2. The molecule has 0 saturated heterocycles. The summed E-state index contributed by atoms with van der Waals surface area (Å²) in [5.74, 6) is -1.14. The van der Waals surface area contributed by atoms with Crippen LogP contribution in [0.15, 0.2) is 78.9 Å². The molecule has 3 aromatic carbocycles. The van der Waals surface area contributed by atoms with Crippen LogP contribution in [0, 0.1) is 0 Å². The second-order valence-electron chi connectivity index (χ2n) is 7.59. The molecular weight excluding hydrogens is 430 g/mol. The van der Waals surface area contributed by atoms with Crippen LogP contribution in [0.2, 0.25) is 0 Å². The molecule has 6 heteroatoms. The van der Waals surface area contributed by atoms with Crippen molar-refractivity contribution in [2.24, 2.45) is 0 Å². The maximum atomic E-state index is 13.8. The van der Waals surface area contributed by atoms with E-state index in [4.69, 9.17) is 9.47 Å². The number of rotatable bonds is 8. The number of ketones is 1. The minimum atomic E-state index is -0.504. The smallest absolute Gasteiger partial charge is 0.340 e. The Morgan fingerprint density at radius 2 is 1.35 bits per heavy atom. The van der Waals surface area contributed by atoms with Crippen molar-refractivity contribution in [1.82, 2.24) is 4.57 Å². The number of ether oxygens (including phenoxy) is 2. The predicted octanol–water partition coefficient (Wildman–Crippen LogP) is 5.14. The van der Waals surface area contributed by atoms with Gasteiger partial charge in [-0.3, -0.25) is 9.59 Å². The molecule has 6 nitrogen and oxygen atoms in total. The van der Waals surface area contributed by atoms with E-state index in [1.807, 2.05) is 30.3 Å². The first kappa shape index (κ1) is 23.0. The van der Waals surface area contributed by atoms with Crippen LogP contribution in [0.5, 0.6) is 0 Å².